The number of hydrogen-bond acceptors (Lipinski definition) is 2. The van der Waals surface area contributed by atoms with Crippen molar-refractivity contribution in [3.63, 3.8) is 0 Å². The molecule has 1 aromatic carbocycles. The molecule has 1 aliphatic rings. The SMILES string of the molecule is Cc1cc(Br)cc(C2(C(=O)O)CC(=O)C2)c1. The zero-order chi connectivity index (χ0) is 11.9. The van der Waals surface area contributed by atoms with Crippen molar-refractivity contribution in [2.24, 2.45) is 0 Å². The third-order valence-electron chi connectivity index (χ3n) is 3.00. The first-order valence-electron chi connectivity index (χ1n) is 4.97. The number of Topliss-reactive ketones (excluding diaryl/α,β-unsaturated/α-hetero) is 1. The Hall–Kier alpha value is -1.16. The van der Waals surface area contributed by atoms with Crippen LogP contribution in [0.15, 0.2) is 22.7 Å². The molecule has 0 atom stereocenters. The second-order valence-electron chi connectivity index (χ2n) is 4.30. The number of carbonyl (C=O) groups is 2. The van der Waals surface area contributed by atoms with Crippen molar-refractivity contribution >= 4 is 27.7 Å². The van der Waals surface area contributed by atoms with E-state index in [9.17, 15) is 14.7 Å². The lowest BCUT2D eigenvalue weighted by Gasteiger charge is -2.36. The molecule has 1 aromatic rings. The fraction of sp³-hybridized carbons (Fsp3) is 0.333. The number of aryl methyl sites for hydroxylation is 1. The summed E-state index contributed by atoms with van der Waals surface area (Å²) in [5, 5.41) is 9.27. The summed E-state index contributed by atoms with van der Waals surface area (Å²) in [4.78, 5) is 22.4. The van der Waals surface area contributed by atoms with E-state index < -0.39 is 11.4 Å². The van der Waals surface area contributed by atoms with Crippen LogP contribution in [0.25, 0.3) is 0 Å². The molecule has 0 aromatic heterocycles. The molecule has 1 aliphatic carbocycles. The number of rotatable bonds is 2. The van der Waals surface area contributed by atoms with Crippen LogP contribution in [-0.4, -0.2) is 16.9 Å². The van der Waals surface area contributed by atoms with Gasteiger partial charge in [0.2, 0.25) is 0 Å². The topological polar surface area (TPSA) is 54.4 Å². The summed E-state index contributed by atoms with van der Waals surface area (Å²) in [5.41, 5.74) is 0.710. The van der Waals surface area contributed by atoms with Crippen LogP contribution in [0.2, 0.25) is 0 Å². The van der Waals surface area contributed by atoms with Gasteiger partial charge < -0.3 is 5.11 Å². The lowest BCUT2D eigenvalue weighted by atomic mass is 9.63. The van der Waals surface area contributed by atoms with Gasteiger partial charge in [-0.05, 0) is 30.2 Å². The number of halogens is 1. The van der Waals surface area contributed by atoms with Crippen LogP contribution >= 0.6 is 15.9 Å². The predicted molar refractivity (Wildman–Crippen MR) is 62.4 cm³/mol. The Kier molecular flexibility index (Phi) is 2.62. The van der Waals surface area contributed by atoms with E-state index in [0.717, 1.165) is 10.0 Å². The van der Waals surface area contributed by atoms with E-state index in [4.69, 9.17) is 0 Å². The summed E-state index contributed by atoms with van der Waals surface area (Å²) < 4.78 is 0.850. The molecule has 2 rings (SSSR count). The highest BCUT2D eigenvalue weighted by Gasteiger charge is 2.51. The Labute approximate surface area is 102 Å². The second kappa shape index (κ2) is 3.70. The summed E-state index contributed by atoms with van der Waals surface area (Å²) in [5.74, 6) is -0.898. The maximum atomic E-state index is 11.3. The zero-order valence-electron chi connectivity index (χ0n) is 8.79. The van der Waals surface area contributed by atoms with Crippen LogP contribution in [0, 0.1) is 6.92 Å². The summed E-state index contributed by atoms with van der Waals surface area (Å²) in [7, 11) is 0. The van der Waals surface area contributed by atoms with Crippen molar-refractivity contribution in [3.05, 3.63) is 33.8 Å². The van der Waals surface area contributed by atoms with E-state index in [0.29, 0.717) is 5.56 Å². The van der Waals surface area contributed by atoms with Crippen molar-refractivity contribution in [3.8, 4) is 0 Å². The summed E-state index contributed by atoms with van der Waals surface area (Å²) in [6, 6.07) is 5.54. The quantitative estimate of drug-likeness (QED) is 0.907. The van der Waals surface area contributed by atoms with Gasteiger partial charge >= 0.3 is 5.97 Å². The fourth-order valence-corrected chi connectivity index (χ4v) is 2.72. The highest BCUT2D eigenvalue weighted by atomic mass is 79.9. The lowest BCUT2D eigenvalue weighted by Crippen LogP contribution is -2.48. The Bertz CT molecular complexity index is 451. The Balaban J connectivity index is 2.48. The molecule has 16 heavy (non-hydrogen) atoms. The molecule has 84 valence electrons. The average molecular weight is 283 g/mol. The van der Waals surface area contributed by atoms with Gasteiger partial charge in [0.05, 0.1) is 0 Å². The van der Waals surface area contributed by atoms with E-state index in [2.05, 4.69) is 15.9 Å². The van der Waals surface area contributed by atoms with Gasteiger partial charge in [0.15, 0.2) is 0 Å². The molecule has 0 aliphatic heterocycles. The fourth-order valence-electron chi connectivity index (χ4n) is 2.11. The second-order valence-corrected chi connectivity index (χ2v) is 5.21. The van der Waals surface area contributed by atoms with E-state index in [-0.39, 0.29) is 18.6 Å². The predicted octanol–water partition coefficient (Wildman–Crippen LogP) is 2.44. The molecule has 3 nitrogen and oxygen atoms in total. The van der Waals surface area contributed by atoms with Crippen molar-refractivity contribution in [2.75, 3.05) is 0 Å². The smallest absolute Gasteiger partial charge is 0.315 e. The normalized spacial score (nSPS) is 18.0. The molecule has 0 spiro atoms. The molecule has 1 fully saturated rings. The summed E-state index contributed by atoms with van der Waals surface area (Å²) in [6.07, 6.45) is 0.219. The number of carboxylic acids is 1. The minimum atomic E-state index is -0.994. The van der Waals surface area contributed by atoms with Gasteiger partial charge in [0.1, 0.15) is 11.2 Å². The zero-order valence-corrected chi connectivity index (χ0v) is 10.4. The first-order chi connectivity index (χ1) is 7.44. The monoisotopic (exact) mass is 282 g/mol. The Morgan fingerprint density at radius 2 is 2.00 bits per heavy atom. The van der Waals surface area contributed by atoms with Crippen molar-refractivity contribution < 1.29 is 14.7 Å². The van der Waals surface area contributed by atoms with Gasteiger partial charge in [0, 0.05) is 17.3 Å². The molecular weight excluding hydrogens is 272 g/mol. The maximum Gasteiger partial charge on any atom is 0.315 e. The number of carboxylic acid groups (broad SMARTS) is 1. The number of aliphatic carboxylic acids is 1. The molecule has 0 amide bonds. The van der Waals surface area contributed by atoms with Gasteiger partial charge in [-0.1, -0.05) is 22.0 Å². The highest BCUT2D eigenvalue weighted by molar-refractivity contribution is 9.10. The minimum Gasteiger partial charge on any atom is -0.481 e. The summed E-state index contributed by atoms with van der Waals surface area (Å²) >= 11 is 3.35. The van der Waals surface area contributed by atoms with E-state index in [1.807, 2.05) is 19.1 Å². The Morgan fingerprint density at radius 3 is 2.44 bits per heavy atom. The molecule has 0 radical (unpaired) electrons. The molecule has 1 saturated carbocycles. The third-order valence-corrected chi connectivity index (χ3v) is 3.46. The minimum absolute atomic E-state index is 0.0139. The lowest BCUT2D eigenvalue weighted by molar-refractivity contribution is -0.153. The van der Waals surface area contributed by atoms with Crippen LogP contribution in [0.5, 0.6) is 0 Å². The van der Waals surface area contributed by atoms with Crippen LogP contribution in [-0.2, 0) is 15.0 Å². The number of benzene rings is 1. The standard InChI is InChI=1S/C12H11BrO3/c1-7-2-8(4-9(13)3-7)12(11(15)16)5-10(14)6-12/h2-4H,5-6H2,1H3,(H,15,16). The van der Waals surface area contributed by atoms with Gasteiger partial charge in [0.25, 0.3) is 0 Å². The highest BCUT2D eigenvalue weighted by Crippen LogP contribution is 2.42. The third kappa shape index (κ3) is 1.67. The van der Waals surface area contributed by atoms with E-state index in [1.165, 1.54) is 0 Å². The average Bonchev–Trinajstić information content (AvgIpc) is 2.10. The van der Waals surface area contributed by atoms with Crippen LogP contribution < -0.4 is 0 Å². The maximum absolute atomic E-state index is 11.3. The first kappa shape index (κ1) is 11.3. The number of carbonyl (C=O) groups excluding carboxylic acids is 1. The van der Waals surface area contributed by atoms with Crippen LogP contribution in [0.4, 0.5) is 0 Å². The van der Waals surface area contributed by atoms with Crippen LogP contribution in [0.1, 0.15) is 24.0 Å². The molecular formula is C12H11BrO3. The van der Waals surface area contributed by atoms with Crippen molar-refractivity contribution in [1.82, 2.24) is 0 Å². The Morgan fingerprint density at radius 1 is 1.38 bits per heavy atom. The van der Waals surface area contributed by atoms with Crippen molar-refractivity contribution in [2.45, 2.75) is 25.2 Å². The largest absolute Gasteiger partial charge is 0.481 e. The van der Waals surface area contributed by atoms with Gasteiger partial charge in [-0.25, -0.2) is 0 Å². The molecule has 0 bridgehead atoms. The van der Waals surface area contributed by atoms with Gasteiger partial charge in [-0.2, -0.15) is 0 Å². The number of ketones is 1. The number of hydrogen-bond donors (Lipinski definition) is 1. The molecule has 0 saturated heterocycles. The summed E-state index contributed by atoms with van der Waals surface area (Å²) in [6.45, 7) is 1.91. The van der Waals surface area contributed by atoms with Crippen molar-refractivity contribution in [1.29, 1.82) is 0 Å². The molecule has 4 heteroatoms. The first-order valence-corrected chi connectivity index (χ1v) is 5.76. The van der Waals surface area contributed by atoms with Gasteiger partial charge in [-0.15, -0.1) is 0 Å². The molecule has 0 unspecified atom stereocenters. The van der Waals surface area contributed by atoms with E-state index in [1.54, 1.807) is 6.07 Å². The van der Waals surface area contributed by atoms with Gasteiger partial charge in [-0.3, -0.25) is 9.59 Å². The molecule has 0 heterocycles. The van der Waals surface area contributed by atoms with E-state index >= 15 is 0 Å². The molecule has 1 N–H and O–H groups in total. The van der Waals surface area contributed by atoms with Crippen LogP contribution in [0.3, 0.4) is 0 Å².